The van der Waals surface area contributed by atoms with Gasteiger partial charge in [0.05, 0.1) is 11.2 Å². The molecule has 0 aliphatic carbocycles. The largest absolute Gasteiger partial charge is 0.342 e. The maximum absolute atomic E-state index is 12.8. The smallest absolute Gasteiger partial charge is 0.262 e. The predicted octanol–water partition coefficient (Wildman–Crippen LogP) is 5.35. The molecule has 0 aliphatic rings. The number of pyridine rings is 1. The molecule has 0 spiro atoms. The van der Waals surface area contributed by atoms with E-state index in [1.807, 2.05) is 56.3 Å². The number of halogens is 2. The number of benzene rings is 1. The molecule has 1 aromatic carbocycles. The van der Waals surface area contributed by atoms with Crippen molar-refractivity contribution in [3.05, 3.63) is 68.4 Å². The van der Waals surface area contributed by atoms with E-state index in [0.29, 0.717) is 10.2 Å². The SMILES string of the molecule is CCC(CC)(NC(=O)/C(C#N)=C/c1ncc(Br)cc1Br)c1ccccc1. The van der Waals surface area contributed by atoms with E-state index in [0.717, 1.165) is 22.9 Å². The first-order valence-electron chi connectivity index (χ1n) is 8.26. The lowest BCUT2D eigenvalue weighted by Crippen LogP contribution is -2.45. The fraction of sp³-hybridized carbons (Fsp3) is 0.250. The summed E-state index contributed by atoms with van der Waals surface area (Å²) in [6.45, 7) is 4.05. The number of carbonyl (C=O) groups excluding carboxylic acids is 1. The Morgan fingerprint density at radius 1 is 1.27 bits per heavy atom. The number of aromatic nitrogens is 1. The molecule has 2 rings (SSSR count). The van der Waals surface area contributed by atoms with Gasteiger partial charge in [-0.05, 0) is 62.4 Å². The van der Waals surface area contributed by atoms with Gasteiger partial charge < -0.3 is 5.32 Å². The van der Waals surface area contributed by atoms with Gasteiger partial charge in [-0.15, -0.1) is 0 Å². The third-order valence-electron chi connectivity index (χ3n) is 4.37. The normalized spacial score (nSPS) is 11.7. The first-order valence-corrected chi connectivity index (χ1v) is 9.85. The number of nitrogens with zero attached hydrogens (tertiary/aromatic N) is 2. The summed E-state index contributed by atoms with van der Waals surface area (Å²) in [6.07, 6.45) is 4.55. The van der Waals surface area contributed by atoms with Crippen molar-refractivity contribution in [3.8, 4) is 6.07 Å². The molecule has 0 fully saturated rings. The summed E-state index contributed by atoms with van der Waals surface area (Å²) in [6, 6.07) is 13.6. The minimum atomic E-state index is -0.515. The Balaban J connectivity index is 2.35. The zero-order valence-corrected chi connectivity index (χ0v) is 17.8. The van der Waals surface area contributed by atoms with Crippen LogP contribution in [0.25, 0.3) is 6.08 Å². The van der Waals surface area contributed by atoms with Crippen molar-refractivity contribution >= 4 is 43.8 Å². The molecule has 0 atom stereocenters. The van der Waals surface area contributed by atoms with Crippen LogP contribution in [0.3, 0.4) is 0 Å². The van der Waals surface area contributed by atoms with Gasteiger partial charge in [0.1, 0.15) is 11.6 Å². The fourth-order valence-electron chi connectivity index (χ4n) is 2.77. The standard InChI is InChI=1S/C20H19Br2N3O/c1-3-20(4-2,15-8-6-5-7-9-15)25-19(26)14(12-23)10-18-17(22)11-16(21)13-24-18/h5-11,13H,3-4H2,1-2H3,(H,25,26)/b14-10+. The second-order valence-corrected chi connectivity index (χ2v) is 7.57. The van der Waals surface area contributed by atoms with E-state index in [1.54, 1.807) is 6.20 Å². The number of nitrogens with one attached hydrogen (secondary N) is 1. The van der Waals surface area contributed by atoms with Crippen LogP contribution < -0.4 is 5.32 Å². The average molecular weight is 477 g/mol. The number of hydrogen-bond donors (Lipinski definition) is 1. The highest BCUT2D eigenvalue weighted by Gasteiger charge is 2.31. The quantitative estimate of drug-likeness (QED) is 0.451. The van der Waals surface area contributed by atoms with Crippen LogP contribution in [-0.4, -0.2) is 10.9 Å². The Morgan fingerprint density at radius 3 is 2.46 bits per heavy atom. The molecule has 0 aliphatic heterocycles. The third kappa shape index (κ3) is 4.60. The van der Waals surface area contributed by atoms with Crippen molar-refractivity contribution < 1.29 is 4.79 Å². The van der Waals surface area contributed by atoms with Crippen LogP contribution in [-0.2, 0) is 10.3 Å². The van der Waals surface area contributed by atoms with Crippen LogP contribution >= 0.6 is 31.9 Å². The zero-order chi connectivity index (χ0) is 19.2. The van der Waals surface area contributed by atoms with Crippen LogP contribution in [0.2, 0.25) is 0 Å². The number of nitriles is 1. The molecule has 2 aromatic rings. The van der Waals surface area contributed by atoms with E-state index in [9.17, 15) is 10.1 Å². The molecule has 1 heterocycles. The molecule has 4 nitrogen and oxygen atoms in total. The molecule has 1 aromatic heterocycles. The van der Waals surface area contributed by atoms with Crippen molar-refractivity contribution in [2.24, 2.45) is 0 Å². The van der Waals surface area contributed by atoms with E-state index in [1.165, 1.54) is 6.08 Å². The Morgan fingerprint density at radius 2 is 1.92 bits per heavy atom. The van der Waals surface area contributed by atoms with Crippen molar-refractivity contribution in [1.29, 1.82) is 5.26 Å². The van der Waals surface area contributed by atoms with Gasteiger partial charge in [-0.1, -0.05) is 44.2 Å². The van der Waals surface area contributed by atoms with Crippen molar-refractivity contribution in [2.45, 2.75) is 32.2 Å². The highest BCUT2D eigenvalue weighted by atomic mass is 79.9. The summed E-state index contributed by atoms with van der Waals surface area (Å²) in [5, 5.41) is 12.6. The van der Waals surface area contributed by atoms with Crippen LogP contribution in [0.5, 0.6) is 0 Å². The first-order chi connectivity index (χ1) is 12.5. The summed E-state index contributed by atoms with van der Waals surface area (Å²) in [7, 11) is 0. The van der Waals surface area contributed by atoms with Gasteiger partial charge in [0, 0.05) is 15.1 Å². The molecule has 26 heavy (non-hydrogen) atoms. The molecular weight excluding hydrogens is 458 g/mol. The molecular formula is C20H19Br2N3O. The van der Waals surface area contributed by atoms with E-state index >= 15 is 0 Å². The molecule has 0 unspecified atom stereocenters. The highest BCUT2D eigenvalue weighted by molar-refractivity contribution is 9.11. The molecule has 134 valence electrons. The van der Waals surface area contributed by atoms with Crippen molar-refractivity contribution in [1.82, 2.24) is 10.3 Å². The molecule has 0 saturated carbocycles. The predicted molar refractivity (Wildman–Crippen MR) is 110 cm³/mol. The van der Waals surface area contributed by atoms with Gasteiger partial charge >= 0.3 is 0 Å². The number of carbonyl (C=O) groups is 1. The van der Waals surface area contributed by atoms with E-state index in [2.05, 4.69) is 42.2 Å². The third-order valence-corrected chi connectivity index (χ3v) is 5.44. The number of hydrogen-bond acceptors (Lipinski definition) is 3. The topological polar surface area (TPSA) is 65.8 Å². The van der Waals surface area contributed by atoms with Crippen LogP contribution in [0, 0.1) is 11.3 Å². The maximum Gasteiger partial charge on any atom is 0.262 e. The van der Waals surface area contributed by atoms with Crippen molar-refractivity contribution in [3.63, 3.8) is 0 Å². The monoisotopic (exact) mass is 475 g/mol. The minimum absolute atomic E-state index is 0.0164. The summed E-state index contributed by atoms with van der Waals surface area (Å²) < 4.78 is 1.51. The fourth-order valence-corrected chi connectivity index (χ4v) is 3.87. The molecule has 1 N–H and O–H groups in total. The second-order valence-electron chi connectivity index (χ2n) is 5.80. The van der Waals surface area contributed by atoms with E-state index < -0.39 is 11.4 Å². The lowest BCUT2D eigenvalue weighted by molar-refractivity contribution is -0.119. The molecule has 0 bridgehead atoms. The zero-order valence-electron chi connectivity index (χ0n) is 14.6. The van der Waals surface area contributed by atoms with Gasteiger partial charge in [0.2, 0.25) is 0 Å². The van der Waals surface area contributed by atoms with E-state index in [-0.39, 0.29) is 5.57 Å². The first kappa shape index (κ1) is 20.3. The van der Waals surface area contributed by atoms with Gasteiger partial charge in [0.15, 0.2) is 0 Å². The Bertz CT molecular complexity index is 853. The van der Waals surface area contributed by atoms with Gasteiger partial charge in [-0.2, -0.15) is 5.26 Å². The lowest BCUT2D eigenvalue weighted by Gasteiger charge is -2.33. The summed E-state index contributed by atoms with van der Waals surface area (Å²) >= 11 is 6.74. The second kappa shape index (κ2) is 9.11. The highest BCUT2D eigenvalue weighted by Crippen LogP contribution is 2.29. The number of rotatable bonds is 6. The summed E-state index contributed by atoms with van der Waals surface area (Å²) in [5.74, 6) is -0.406. The summed E-state index contributed by atoms with van der Waals surface area (Å²) in [4.78, 5) is 17.1. The van der Waals surface area contributed by atoms with E-state index in [4.69, 9.17) is 0 Å². The van der Waals surface area contributed by atoms with Gasteiger partial charge in [-0.3, -0.25) is 9.78 Å². The van der Waals surface area contributed by atoms with Gasteiger partial charge in [0.25, 0.3) is 5.91 Å². The minimum Gasteiger partial charge on any atom is -0.342 e. The average Bonchev–Trinajstić information content (AvgIpc) is 2.66. The summed E-state index contributed by atoms with van der Waals surface area (Å²) in [5.41, 5.74) is 1.05. The van der Waals surface area contributed by atoms with Crippen molar-refractivity contribution in [2.75, 3.05) is 0 Å². The molecule has 1 amide bonds. The van der Waals surface area contributed by atoms with Crippen LogP contribution in [0.15, 0.2) is 57.1 Å². The molecule has 0 radical (unpaired) electrons. The maximum atomic E-state index is 12.8. The van der Waals surface area contributed by atoms with Crippen LogP contribution in [0.1, 0.15) is 37.9 Å². The molecule has 0 saturated heterocycles. The van der Waals surface area contributed by atoms with Crippen LogP contribution in [0.4, 0.5) is 0 Å². The number of amides is 1. The van der Waals surface area contributed by atoms with Gasteiger partial charge in [-0.25, -0.2) is 0 Å². The Hall–Kier alpha value is -1.97. The molecule has 6 heteroatoms. The lowest BCUT2D eigenvalue weighted by atomic mass is 9.84. The Kier molecular flexibility index (Phi) is 7.13. The Labute approximate surface area is 170 Å².